The molecule has 2 aromatic carbocycles. The second-order valence-corrected chi connectivity index (χ2v) is 9.70. The molecule has 6 nitrogen and oxygen atoms in total. The first kappa shape index (κ1) is 22.0. The van der Waals surface area contributed by atoms with E-state index >= 15 is 0 Å². The molecule has 1 spiro atoms. The predicted molar refractivity (Wildman–Crippen MR) is 125 cm³/mol. The fourth-order valence-electron chi connectivity index (χ4n) is 5.91. The molecular formula is C27H31NO5. The Morgan fingerprint density at radius 1 is 1.15 bits per heavy atom. The van der Waals surface area contributed by atoms with Gasteiger partial charge < -0.3 is 19.5 Å². The third-order valence-corrected chi connectivity index (χ3v) is 7.90. The molecule has 3 fully saturated rings. The van der Waals surface area contributed by atoms with E-state index in [-0.39, 0.29) is 23.0 Å². The van der Waals surface area contributed by atoms with Crippen molar-refractivity contribution in [1.82, 2.24) is 4.90 Å². The Bertz CT molecular complexity index is 1040. The number of carbonyl (C=O) groups is 2. The minimum absolute atomic E-state index is 0.107. The van der Waals surface area contributed by atoms with Gasteiger partial charge in [0.1, 0.15) is 5.75 Å². The van der Waals surface area contributed by atoms with Gasteiger partial charge in [-0.1, -0.05) is 24.3 Å². The van der Waals surface area contributed by atoms with Crippen molar-refractivity contribution in [3.8, 4) is 16.9 Å². The first-order chi connectivity index (χ1) is 16.0. The average molecular weight is 450 g/mol. The van der Waals surface area contributed by atoms with Crippen molar-refractivity contribution in [3.63, 3.8) is 0 Å². The molecule has 3 aliphatic rings. The molecule has 2 saturated heterocycles. The molecule has 2 aromatic rings. The molecule has 6 heteroatoms. The number of hydrogen-bond donors (Lipinski definition) is 1. The summed E-state index contributed by atoms with van der Waals surface area (Å²) in [5.41, 5.74) is 3.44. The lowest BCUT2D eigenvalue weighted by Crippen LogP contribution is -2.42. The zero-order valence-corrected chi connectivity index (χ0v) is 19.1. The molecule has 5 rings (SSSR count). The van der Waals surface area contributed by atoms with Crippen molar-refractivity contribution in [1.29, 1.82) is 0 Å². The molecule has 33 heavy (non-hydrogen) atoms. The van der Waals surface area contributed by atoms with Gasteiger partial charge in [-0.05, 0) is 72.8 Å². The standard InChI is InChI=1S/C27H31NO5/c1-32-24-9-8-20(26(30)31)15-22(24)18-4-6-19(7-5-18)23-10-11-27(23)12-13-28(17-27)25(29)16-21-3-2-14-33-21/h4-9,15,21,23H,2-3,10-14,16-17H2,1H3,(H,30,31). The number of amides is 1. The maximum Gasteiger partial charge on any atom is 0.335 e. The predicted octanol–water partition coefficient (Wildman–Crippen LogP) is 4.73. The van der Waals surface area contributed by atoms with Crippen molar-refractivity contribution in [2.75, 3.05) is 26.8 Å². The van der Waals surface area contributed by atoms with Crippen LogP contribution in [0.1, 0.15) is 60.4 Å². The van der Waals surface area contributed by atoms with Crippen molar-refractivity contribution in [3.05, 3.63) is 53.6 Å². The van der Waals surface area contributed by atoms with Gasteiger partial charge >= 0.3 is 5.97 Å². The van der Waals surface area contributed by atoms with Gasteiger partial charge in [0.15, 0.2) is 0 Å². The van der Waals surface area contributed by atoms with Gasteiger partial charge in [0.2, 0.25) is 5.91 Å². The summed E-state index contributed by atoms with van der Waals surface area (Å²) in [6.07, 6.45) is 6.06. The summed E-state index contributed by atoms with van der Waals surface area (Å²) in [6.45, 7) is 2.48. The highest BCUT2D eigenvalue weighted by Gasteiger charge is 2.52. The van der Waals surface area contributed by atoms with Crippen LogP contribution in [0.5, 0.6) is 5.75 Å². The summed E-state index contributed by atoms with van der Waals surface area (Å²) in [5, 5.41) is 9.36. The monoisotopic (exact) mass is 449 g/mol. The highest BCUT2D eigenvalue weighted by Crippen LogP contribution is 2.58. The van der Waals surface area contributed by atoms with Crippen molar-refractivity contribution in [2.45, 2.75) is 50.5 Å². The van der Waals surface area contributed by atoms with Gasteiger partial charge in [0.05, 0.1) is 25.2 Å². The van der Waals surface area contributed by atoms with E-state index in [4.69, 9.17) is 9.47 Å². The summed E-state index contributed by atoms with van der Waals surface area (Å²) >= 11 is 0. The maximum absolute atomic E-state index is 12.8. The molecule has 0 bridgehead atoms. The number of carboxylic acid groups (broad SMARTS) is 1. The fraction of sp³-hybridized carbons (Fsp3) is 0.481. The minimum atomic E-state index is -0.952. The Hall–Kier alpha value is -2.86. The second-order valence-electron chi connectivity index (χ2n) is 9.70. The second kappa shape index (κ2) is 8.82. The lowest BCUT2D eigenvalue weighted by molar-refractivity contribution is -0.133. The Morgan fingerprint density at radius 2 is 1.97 bits per heavy atom. The number of benzene rings is 2. The topological polar surface area (TPSA) is 76.1 Å². The van der Waals surface area contributed by atoms with Gasteiger partial charge in [-0.3, -0.25) is 4.79 Å². The normalized spacial score (nSPS) is 26.4. The third kappa shape index (κ3) is 4.12. The number of ether oxygens (including phenoxy) is 2. The van der Waals surface area contributed by atoms with Crippen LogP contribution in [0.25, 0.3) is 11.1 Å². The highest BCUT2D eigenvalue weighted by atomic mass is 16.5. The molecule has 174 valence electrons. The van der Waals surface area contributed by atoms with Crippen LogP contribution in [0.15, 0.2) is 42.5 Å². The minimum Gasteiger partial charge on any atom is -0.496 e. The number of likely N-dealkylation sites (tertiary alicyclic amines) is 1. The zero-order chi connectivity index (χ0) is 23.0. The maximum atomic E-state index is 12.8. The SMILES string of the molecule is COc1ccc(C(=O)O)cc1-c1ccc(C2CCC23CCN(C(=O)CC2CCCO2)C3)cc1. The highest BCUT2D eigenvalue weighted by molar-refractivity contribution is 5.90. The van der Waals surface area contributed by atoms with Gasteiger partial charge in [0, 0.05) is 25.3 Å². The van der Waals surface area contributed by atoms with E-state index < -0.39 is 5.97 Å². The first-order valence-corrected chi connectivity index (χ1v) is 11.9. The van der Waals surface area contributed by atoms with Gasteiger partial charge in [0.25, 0.3) is 0 Å². The third-order valence-electron chi connectivity index (χ3n) is 7.90. The summed E-state index contributed by atoms with van der Waals surface area (Å²) in [7, 11) is 1.59. The van der Waals surface area contributed by atoms with Gasteiger partial charge in [-0.25, -0.2) is 4.79 Å². The van der Waals surface area contributed by atoms with Crippen molar-refractivity contribution in [2.24, 2.45) is 5.41 Å². The molecular weight excluding hydrogens is 418 g/mol. The average Bonchev–Trinajstić information content (AvgIpc) is 3.50. The number of methoxy groups -OCH3 is 1. The summed E-state index contributed by atoms with van der Waals surface area (Å²) in [4.78, 5) is 26.3. The lowest BCUT2D eigenvalue weighted by atomic mass is 9.57. The van der Waals surface area contributed by atoms with E-state index in [2.05, 4.69) is 29.2 Å². The molecule has 1 saturated carbocycles. The smallest absolute Gasteiger partial charge is 0.335 e. The van der Waals surface area contributed by atoms with E-state index in [0.717, 1.165) is 62.9 Å². The number of carboxylic acids is 1. The summed E-state index contributed by atoms with van der Waals surface area (Å²) in [6, 6.07) is 13.3. The number of hydrogen-bond acceptors (Lipinski definition) is 4. The number of carbonyl (C=O) groups excluding carboxylic acids is 1. The Labute approximate surface area is 194 Å². The van der Waals surface area contributed by atoms with E-state index in [1.165, 1.54) is 5.56 Å². The molecule has 1 amide bonds. The van der Waals surface area contributed by atoms with Crippen LogP contribution >= 0.6 is 0 Å². The largest absolute Gasteiger partial charge is 0.496 e. The van der Waals surface area contributed by atoms with E-state index in [1.54, 1.807) is 25.3 Å². The summed E-state index contributed by atoms with van der Waals surface area (Å²) in [5.74, 6) is 0.403. The van der Waals surface area contributed by atoms with Crippen LogP contribution in [0, 0.1) is 5.41 Å². The van der Waals surface area contributed by atoms with E-state index in [1.807, 2.05) is 0 Å². The van der Waals surface area contributed by atoms with Crippen LogP contribution in [0.4, 0.5) is 0 Å². The van der Waals surface area contributed by atoms with Crippen LogP contribution in [0.3, 0.4) is 0 Å². The Morgan fingerprint density at radius 3 is 2.61 bits per heavy atom. The van der Waals surface area contributed by atoms with Crippen LogP contribution in [-0.2, 0) is 9.53 Å². The molecule has 1 N–H and O–H groups in total. The molecule has 2 aliphatic heterocycles. The van der Waals surface area contributed by atoms with Crippen LogP contribution in [0.2, 0.25) is 0 Å². The quantitative estimate of drug-likeness (QED) is 0.690. The fourth-order valence-corrected chi connectivity index (χ4v) is 5.91. The molecule has 3 atom stereocenters. The zero-order valence-electron chi connectivity index (χ0n) is 19.1. The van der Waals surface area contributed by atoms with Gasteiger partial charge in [-0.2, -0.15) is 0 Å². The van der Waals surface area contributed by atoms with Crippen molar-refractivity contribution < 1.29 is 24.2 Å². The van der Waals surface area contributed by atoms with Crippen LogP contribution in [-0.4, -0.2) is 54.8 Å². The number of aromatic carboxylic acids is 1. The number of nitrogens with zero attached hydrogens (tertiary/aromatic N) is 1. The molecule has 3 unspecified atom stereocenters. The molecule has 0 aromatic heterocycles. The molecule has 1 aliphatic carbocycles. The number of rotatable bonds is 6. The van der Waals surface area contributed by atoms with E-state index in [0.29, 0.717) is 18.1 Å². The van der Waals surface area contributed by atoms with Crippen molar-refractivity contribution >= 4 is 11.9 Å². The Kier molecular flexibility index (Phi) is 5.87. The van der Waals surface area contributed by atoms with Gasteiger partial charge in [-0.15, -0.1) is 0 Å². The summed E-state index contributed by atoms with van der Waals surface area (Å²) < 4.78 is 11.1. The first-order valence-electron chi connectivity index (χ1n) is 11.9. The Balaban J connectivity index is 1.30. The molecule has 2 heterocycles. The lowest BCUT2D eigenvalue weighted by Gasteiger charge is -2.47. The van der Waals surface area contributed by atoms with E-state index in [9.17, 15) is 14.7 Å². The molecule has 0 radical (unpaired) electrons. The van der Waals surface area contributed by atoms with Crippen LogP contribution < -0.4 is 4.74 Å².